The molecule has 0 unspecified atom stereocenters. The van der Waals surface area contributed by atoms with Crippen LogP contribution in [0.3, 0.4) is 0 Å². The van der Waals surface area contributed by atoms with Gasteiger partial charge in [0.2, 0.25) is 0 Å². The molecule has 0 aromatic carbocycles. The number of piperidine rings is 1. The molecule has 0 radical (unpaired) electrons. The average molecular weight is 230 g/mol. The van der Waals surface area contributed by atoms with Crippen LogP contribution in [0.2, 0.25) is 19.6 Å². The van der Waals surface area contributed by atoms with Crippen LogP contribution in [0.1, 0.15) is 19.3 Å². The van der Waals surface area contributed by atoms with E-state index in [0.717, 1.165) is 24.4 Å². The lowest BCUT2D eigenvalue weighted by atomic mass is 10.1. The van der Waals surface area contributed by atoms with Crippen molar-refractivity contribution >= 4 is 25.4 Å². The summed E-state index contributed by atoms with van der Waals surface area (Å²) in [5, 5.41) is 4.39. The van der Waals surface area contributed by atoms with E-state index in [1.54, 1.807) is 0 Å². The molecule has 1 heterocycles. The third-order valence-electron chi connectivity index (χ3n) is 2.41. The van der Waals surface area contributed by atoms with Crippen LogP contribution in [-0.2, 0) is 0 Å². The van der Waals surface area contributed by atoms with Crippen LogP contribution in [-0.4, -0.2) is 37.3 Å². The SMILES string of the molecule is C[Si](C)(C)CNC(=S)N1CCCCC1. The van der Waals surface area contributed by atoms with Crippen LogP contribution in [0.15, 0.2) is 0 Å². The molecule has 1 fully saturated rings. The zero-order valence-corrected chi connectivity index (χ0v) is 11.4. The molecular weight excluding hydrogens is 208 g/mol. The monoisotopic (exact) mass is 230 g/mol. The van der Waals surface area contributed by atoms with Crippen molar-refractivity contribution in [3.8, 4) is 0 Å². The fourth-order valence-electron chi connectivity index (χ4n) is 1.55. The molecule has 0 amide bonds. The minimum absolute atomic E-state index is 0.979. The van der Waals surface area contributed by atoms with Gasteiger partial charge in [-0.1, -0.05) is 19.6 Å². The van der Waals surface area contributed by atoms with Crippen molar-refractivity contribution in [2.75, 3.05) is 19.3 Å². The molecule has 0 spiro atoms. The van der Waals surface area contributed by atoms with Crippen LogP contribution in [0.25, 0.3) is 0 Å². The highest BCUT2D eigenvalue weighted by Crippen LogP contribution is 2.08. The first kappa shape index (κ1) is 12.0. The molecule has 1 aliphatic rings. The molecule has 0 aromatic heterocycles. The second kappa shape index (κ2) is 5.12. The Morgan fingerprint density at radius 2 is 1.79 bits per heavy atom. The van der Waals surface area contributed by atoms with Gasteiger partial charge < -0.3 is 10.2 Å². The predicted octanol–water partition coefficient (Wildman–Crippen LogP) is 2.22. The van der Waals surface area contributed by atoms with E-state index in [2.05, 4.69) is 29.9 Å². The smallest absolute Gasteiger partial charge is 0.168 e. The van der Waals surface area contributed by atoms with E-state index in [-0.39, 0.29) is 0 Å². The zero-order valence-electron chi connectivity index (χ0n) is 9.60. The van der Waals surface area contributed by atoms with Gasteiger partial charge in [-0.05, 0) is 31.5 Å². The number of hydrogen-bond donors (Lipinski definition) is 1. The molecule has 0 aliphatic carbocycles. The van der Waals surface area contributed by atoms with Gasteiger partial charge in [0.25, 0.3) is 0 Å². The number of rotatable bonds is 2. The summed E-state index contributed by atoms with van der Waals surface area (Å²) in [6.07, 6.45) is 5.07. The van der Waals surface area contributed by atoms with Crippen LogP contribution in [0.5, 0.6) is 0 Å². The third kappa shape index (κ3) is 4.42. The second-order valence-corrected chi connectivity index (χ2v) is 11.1. The highest BCUT2D eigenvalue weighted by Gasteiger charge is 2.17. The number of thiocarbonyl (C=S) groups is 1. The quantitative estimate of drug-likeness (QED) is 0.578. The molecule has 1 N–H and O–H groups in total. The molecule has 4 heteroatoms. The Balaban J connectivity index is 2.27. The minimum atomic E-state index is -1.01. The summed E-state index contributed by atoms with van der Waals surface area (Å²) in [5.74, 6) is 0. The number of hydrogen-bond acceptors (Lipinski definition) is 1. The van der Waals surface area contributed by atoms with Crippen molar-refractivity contribution < 1.29 is 0 Å². The Bertz CT molecular complexity index is 195. The fraction of sp³-hybridized carbons (Fsp3) is 0.900. The Morgan fingerprint density at radius 3 is 2.29 bits per heavy atom. The molecule has 1 aliphatic heterocycles. The van der Waals surface area contributed by atoms with E-state index in [1.807, 2.05) is 0 Å². The Hall–Kier alpha value is -0.0931. The van der Waals surface area contributed by atoms with Gasteiger partial charge >= 0.3 is 0 Å². The maximum atomic E-state index is 5.38. The number of likely N-dealkylation sites (tertiary alicyclic amines) is 1. The normalized spacial score (nSPS) is 18.1. The van der Waals surface area contributed by atoms with E-state index in [1.165, 1.54) is 19.3 Å². The lowest BCUT2D eigenvalue weighted by Gasteiger charge is -2.30. The molecule has 14 heavy (non-hydrogen) atoms. The predicted molar refractivity (Wildman–Crippen MR) is 69.4 cm³/mol. The second-order valence-electron chi connectivity index (χ2n) is 5.27. The topological polar surface area (TPSA) is 15.3 Å². The Morgan fingerprint density at radius 1 is 1.21 bits per heavy atom. The van der Waals surface area contributed by atoms with Gasteiger partial charge in [-0.3, -0.25) is 0 Å². The molecular formula is C10H22N2SSi. The summed E-state index contributed by atoms with van der Waals surface area (Å²) in [5.41, 5.74) is 0. The van der Waals surface area contributed by atoms with Gasteiger partial charge in [-0.2, -0.15) is 0 Å². The molecule has 1 rings (SSSR count). The fourth-order valence-corrected chi connectivity index (χ4v) is 2.63. The lowest BCUT2D eigenvalue weighted by Crippen LogP contribution is -2.47. The summed E-state index contributed by atoms with van der Waals surface area (Å²) in [6.45, 7) is 9.38. The van der Waals surface area contributed by atoms with E-state index in [4.69, 9.17) is 12.2 Å². The summed E-state index contributed by atoms with van der Waals surface area (Å²) in [4.78, 5) is 2.32. The van der Waals surface area contributed by atoms with Crippen LogP contribution in [0.4, 0.5) is 0 Å². The maximum Gasteiger partial charge on any atom is 0.168 e. The largest absolute Gasteiger partial charge is 0.366 e. The first-order valence-electron chi connectivity index (χ1n) is 5.52. The molecule has 0 bridgehead atoms. The van der Waals surface area contributed by atoms with Crippen molar-refractivity contribution in [3.05, 3.63) is 0 Å². The zero-order chi connectivity index (χ0) is 10.6. The Kier molecular flexibility index (Phi) is 4.38. The molecule has 82 valence electrons. The standard InChI is InChI=1S/C10H22N2SSi/c1-14(2,3)9-11-10(13)12-7-5-4-6-8-12/h4-9H2,1-3H3,(H,11,13). The van der Waals surface area contributed by atoms with Crippen LogP contribution in [0, 0.1) is 0 Å². The first-order valence-corrected chi connectivity index (χ1v) is 9.63. The lowest BCUT2D eigenvalue weighted by molar-refractivity contribution is 0.339. The van der Waals surface area contributed by atoms with E-state index in [9.17, 15) is 0 Å². The van der Waals surface area contributed by atoms with Crippen molar-refractivity contribution in [1.82, 2.24) is 10.2 Å². The molecule has 2 nitrogen and oxygen atoms in total. The summed E-state index contributed by atoms with van der Waals surface area (Å²) in [6, 6.07) is 0. The van der Waals surface area contributed by atoms with Crippen LogP contribution >= 0.6 is 12.2 Å². The summed E-state index contributed by atoms with van der Waals surface area (Å²) in [7, 11) is -1.01. The molecule has 0 aromatic rings. The van der Waals surface area contributed by atoms with Crippen LogP contribution < -0.4 is 5.32 Å². The third-order valence-corrected chi connectivity index (χ3v) is 4.05. The van der Waals surface area contributed by atoms with Gasteiger partial charge in [-0.15, -0.1) is 0 Å². The Labute approximate surface area is 94.1 Å². The van der Waals surface area contributed by atoms with Crippen molar-refractivity contribution in [1.29, 1.82) is 0 Å². The van der Waals surface area contributed by atoms with Gasteiger partial charge in [-0.25, -0.2) is 0 Å². The molecule has 1 saturated heterocycles. The molecule has 0 saturated carbocycles. The van der Waals surface area contributed by atoms with Gasteiger partial charge in [0.1, 0.15) is 0 Å². The van der Waals surface area contributed by atoms with Gasteiger partial charge in [0.05, 0.1) is 8.07 Å². The summed E-state index contributed by atoms with van der Waals surface area (Å²) >= 11 is 5.38. The van der Waals surface area contributed by atoms with Crippen molar-refractivity contribution in [2.45, 2.75) is 38.9 Å². The highest BCUT2D eigenvalue weighted by atomic mass is 32.1. The average Bonchev–Trinajstić information content (AvgIpc) is 2.14. The minimum Gasteiger partial charge on any atom is -0.366 e. The van der Waals surface area contributed by atoms with Crippen molar-refractivity contribution in [3.63, 3.8) is 0 Å². The molecule has 0 atom stereocenters. The van der Waals surface area contributed by atoms with Gasteiger partial charge in [0.15, 0.2) is 5.11 Å². The van der Waals surface area contributed by atoms with Gasteiger partial charge in [0, 0.05) is 19.3 Å². The highest BCUT2D eigenvalue weighted by molar-refractivity contribution is 7.80. The maximum absolute atomic E-state index is 5.38. The first-order chi connectivity index (χ1) is 6.49. The van der Waals surface area contributed by atoms with E-state index < -0.39 is 8.07 Å². The number of nitrogens with one attached hydrogen (secondary N) is 1. The van der Waals surface area contributed by atoms with E-state index in [0.29, 0.717) is 0 Å². The number of nitrogens with zero attached hydrogens (tertiary/aromatic N) is 1. The van der Waals surface area contributed by atoms with E-state index >= 15 is 0 Å². The summed E-state index contributed by atoms with van der Waals surface area (Å²) < 4.78 is 0. The van der Waals surface area contributed by atoms with Crippen molar-refractivity contribution in [2.24, 2.45) is 0 Å².